The van der Waals surface area contributed by atoms with Crippen LogP contribution in [0.3, 0.4) is 0 Å². The first-order valence-corrected chi connectivity index (χ1v) is 8.90. The molecule has 2 aliphatic rings. The monoisotopic (exact) mass is 329 g/mol. The summed E-state index contributed by atoms with van der Waals surface area (Å²) in [5.74, 6) is 0.470. The van der Waals surface area contributed by atoms with E-state index in [0.29, 0.717) is 32.6 Å². The maximum atomic E-state index is 12.5. The highest BCUT2D eigenvalue weighted by atomic mass is 16.2. The third kappa shape index (κ3) is 3.96. The van der Waals surface area contributed by atoms with Gasteiger partial charge in [0.1, 0.15) is 0 Å². The summed E-state index contributed by atoms with van der Waals surface area (Å²) < 4.78 is 0. The number of piperazine rings is 1. The van der Waals surface area contributed by atoms with Crippen LogP contribution in [0.25, 0.3) is 0 Å². The van der Waals surface area contributed by atoms with E-state index < -0.39 is 0 Å². The summed E-state index contributed by atoms with van der Waals surface area (Å²) >= 11 is 0. The molecule has 1 aromatic rings. The van der Waals surface area contributed by atoms with Crippen LogP contribution in [-0.4, -0.2) is 53.8 Å². The van der Waals surface area contributed by atoms with Gasteiger partial charge in [0.25, 0.3) is 0 Å². The van der Waals surface area contributed by atoms with Gasteiger partial charge < -0.3 is 15.5 Å². The summed E-state index contributed by atoms with van der Waals surface area (Å²) in [7, 11) is 0. The van der Waals surface area contributed by atoms with Crippen molar-refractivity contribution in [1.82, 2.24) is 9.80 Å². The number of aryl methyl sites for hydroxylation is 1. The molecule has 130 valence electrons. The number of hydrogen-bond acceptors (Lipinski definition) is 3. The van der Waals surface area contributed by atoms with Gasteiger partial charge >= 0.3 is 0 Å². The van der Waals surface area contributed by atoms with E-state index in [4.69, 9.17) is 5.73 Å². The average molecular weight is 329 g/mol. The van der Waals surface area contributed by atoms with Crippen LogP contribution in [-0.2, 0) is 16.0 Å². The highest BCUT2D eigenvalue weighted by Gasteiger charge is 2.33. The summed E-state index contributed by atoms with van der Waals surface area (Å²) in [4.78, 5) is 28.7. The number of carbonyl (C=O) groups is 2. The van der Waals surface area contributed by atoms with E-state index in [1.54, 1.807) is 0 Å². The summed E-state index contributed by atoms with van der Waals surface area (Å²) in [5.41, 5.74) is 8.16. The quantitative estimate of drug-likeness (QED) is 0.910. The van der Waals surface area contributed by atoms with Gasteiger partial charge in [-0.05, 0) is 31.7 Å². The first kappa shape index (κ1) is 17.0. The molecular weight excluding hydrogens is 302 g/mol. The van der Waals surface area contributed by atoms with E-state index in [2.05, 4.69) is 0 Å². The fraction of sp³-hybridized carbons (Fsp3) is 0.579. The van der Waals surface area contributed by atoms with Crippen LogP contribution in [0.5, 0.6) is 0 Å². The fourth-order valence-corrected chi connectivity index (χ4v) is 3.67. The molecule has 0 spiro atoms. The second kappa shape index (κ2) is 7.34. The van der Waals surface area contributed by atoms with Crippen molar-refractivity contribution in [3.8, 4) is 0 Å². The zero-order chi connectivity index (χ0) is 17.1. The van der Waals surface area contributed by atoms with Crippen molar-refractivity contribution >= 4 is 11.8 Å². The molecule has 5 nitrogen and oxygen atoms in total. The topological polar surface area (TPSA) is 66.6 Å². The number of hydrogen-bond donors (Lipinski definition) is 1. The zero-order valence-corrected chi connectivity index (χ0v) is 14.4. The SMILES string of the molecule is Cc1ccc(CC(=O)N2CCN(C(=O)C3CCC(N)C3)CC2)cc1. The molecule has 0 bridgehead atoms. The second-order valence-corrected chi connectivity index (χ2v) is 7.14. The predicted molar refractivity (Wildman–Crippen MR) is 93.4 cm³/mol. The van der Waals surface area contributed by atoms with Crippen molar-refractivity contribution in [2.24, 2.45) is 11.7 Å². The largest absolute Gasteiger partial charge is 0.339 e. The van der Waals surface area contributed by atoms with Crippen LogP contribution in [0.15, 0.2) is 24.3 Å². The minimum absolute atomic E-state index is 0.0924. The van der Waals surface area contributed by atoms with Gasteiger partial charge in [0, 0.05) is 38.1 Å². The van der Waals surface area contributed by atoms with Gasteiger partial charge in [0.15, 0.2) is 0 Å². The van der Waals surface area contributed by atoms with Gasteiger partial charge in [-0.25, -0.2) is 0 Å². The van der Waals surface area contributed by atoms with Crippen molar-refractivity contribution in [3.63, 3.8) is 0 Å². The lowest BCUT2D eigenvalue weighted by Gasteiger charge is -2.36. The van der Waals surface area contributed by atoms with Crippen LogP contribution in [0.2, 0.25) is 0 Å². The number of rotatable bonds is 3. The van der Waals surface area contributed by atoms with E-state index in [0.717, 1.165) is 24.8 Å². The molecule has 3 rings (SSSR count). The Kier molecular flexibility index (Phi) is 5.19. The van der Waals surface area contributed by atoms with Crippen LogP contribution >= 0.6 is 0 Å². The summed E-state index contributed by atoms with van der Waals surface area (Å²) in [6, 6.07) is 8.26. The molecule has 0 radical (unpaired) electrons. The normalized spacial score (nSPS) is 24.2. The molecule has 5 heteroatoms. The highest BCUT2D eigenvalue weighted by Crippen LogP contribution is 2.26. The molecule has 0 aromatic heterocycles. The van der Waals surface area contributed by atoms with Crippen LogP contribution < -0.4 is 5.73 Å². The summed E-state index contributed by atoms with van der Waals surface area (Å²) in [6.07, 6.45) is 3.11. The lowest BCUT2D eigenvalue weighted by Crippen LogP contribution is -2.52. The van der Waals surface area contributed by atoms with Gasteiger partial charge in [-0.15, -0.1) is 0 Å². The molecule has 2 amide bonds. The molecule has 24 heavy (non-hydrogen) atoms. The number of amides is 2. The lowest BCUT2D eigenvalue weighted by molar-refractivity contribution is -0.141. The third-order valence-corrected chi connectivity index (χ3v) is 5.24. The smallest absolute Gasteiger partial charge is 0.227 e. The molecule has 2 fully saturated rings. The maximum absolute atomic E-state index is 12.5. The van der Waals surface area contributed by atoms with Crippen LogP contribution in [0.4, 0.5) is 0 Å². The van der Waals surface area contributed by atoms with E-state index in [9.17, 15) is 9.59 Å². The maximum Gasteiger partial charge on any atom is 0.227 e. The highest BCUT2D eigenvalue weighted by molar-refractivity contribution is 5.81. The molecule has 2 unspecified atom stereocenters. The second-order valence-electron chi connectivity index (χ2n) is 7.14. The van der Waals surface area contributed by atoms with Crippen LogP contribution in [0.1, 0.15) is 30.4 Å². The standard InChI is InChI=1S/C19H27N3O2/c1-14-2-4-15(5-3-14)12-18(23)21-8-10-22(11-9-21)19(24)16-6-7-17(20)13-16/h2-5,16-17H,6-13,20H2,1H3. The van der Waals surface area contributed by atoms with Crippen LogP contribution in [0, 0.1) is 12.8 Å². The summed E-state index contributed by atoms with van der Waals surface area (Å²) in [6.45, 7) is 4.60. The third-order valence-electron chi connectivity index (χ3n) is 5.24. The van der Waals surface area contributed by atoms with Crippen molar-refractivity contribution in [1.29, 1.82) is 0 Å². The lowest BCUT2D eigenvalue weighted by atomic mass is 10.1. The Morgan fingerprint density at radius 2 is 1.67 bits per heavy atom. The minimum atomic E-state index is 0.0924. The van der Waals surface area contributed by atoms with Gasteiger partial charge in [-0.2, -0.15) is 0 Å². The van der Waals surface area contributed by atoms with Crippen molar-refractivity contribution in [2.45, 2.75) is 38.6 Å². The first-order valence-electron chi connectivity index (χ1n) is 8.90. The predicted octanol–water partition coefficient (Wildman–Crippen LogP) is 1.34. The molecule has 1 saturated carbocycles. The molecule has 2 atom stereocenters. The number of benzene rings is 1. The summed E-state index contributed by atoms with van der Waals surface area (Å²) in [5, 5.41) is 0. The van der Waals surface area contributed by atoms with Crippen molar-refractivity contribution in [2.75, 3.05) is 26.2 Å². The number of nitrogens with two attached hydrogens (primary N) is 1. The molecule has 1 saturated heterocycles. The van der Waals surface area contributed by atoms with Crippen molar-refractivity contribution < 1.29 is 9.59 Å². The molecule has 1 heterocycles. The van der Waals surface area contributed by atoms with Crippen molar-refractivity contribution in [3.05, 3.63) is 35.4 Å². The van der Waals surface area contributed by atoms with Gasteiger partial charge in [-0.1, -0.05) is 29.8 Å². The fourth-order valence-electron chi connectivity index (χ4n) is 3.67. The van der Waals surface area contributed by atoms with E-state index >= 15 is 0 Å². The average Bonchev–Trinajstić information content (AvgIpc) is 3.03. The molecule has 1 aliphatic carbocycles. The molecule has 1 aromatic carbocycles. The zero-order valence-electron chi connectivity index (χ0n) is 14.4. The van der Waals surface area contributed by atoms with E-state index in [1.807, 2.05) is 41.0 Å². The molecule has 2 N–H and O–H groups in total. The Labute approximate surface area is 143 Å². The minimum Gasteiger partial charge on any atom is -0.339 e. The Morgan fingerprint density at radius 3 is 2.25 bits per heavy atom. The molecular formula is C19H27N3O2. The van der Waals surface area contributed by atoms with Gasteiger partial charge in [0.05, 0.1) is 6.42 Å². The molecule has 1 aliphatic heterocycles. The Hall–Kier alpha value is -1.88. The number of carbonyl (C=O) groups excluding carboxylic acids is 2. The number of nitrogens with zero attached hydrogens (tertiary/aromatic N) is 2. The van der Waals surface area contributed by atoms with Gasteiger partial charge in [-0.3, -0.25) is 9.59 Å². The van der Waals surface area contributed by atoms with Gasteiger partial charge in [0.2, 0.25) is 11.8 Å². The Balaban J connectivity index is 1.48. The Bertz CT molecular complexity index is 591. The van der Waals surface area contributed by atoms with E-state index in [-0.39, 0.29) is 23.8 Å². The Morgan fingerprint density at radius 1 is 1.04 bits per heavy atom. The van der Waals surface area contributed by atoms with E-state index in [1.165, 1.54) is 5.56 Å². The first-order chi connectivity index (χ1) is 11.5.